The molecule has 144 valence electrons. The van der Waals surface area contributed by atoms with Gasteiger partial charge in [0.25, 0.3) is 0 Å². The average Bonchev–Trinajstić information content (AvgIpc) is 2.89. The second-order valence-electron chi connectivity index (χ2n) is 5.87. The van der Waals surface area contributed by atoms with E-state index in [9.17, 15) is 9.50 Å². The van der Waals surface area contributed by atoms with Gasteiger partial charge in [-0.15, -0.1) is 24.0 Å². The van der Waals surface area contributed by atoms with Crippen LogP contribution in [0.5, 0.6) is 0 Å². The number of aliphatic hydroxyl groups excluding tert-OH is 1. The highest BCUT2D eigenvalue weighted by Crippen LogP contribution is 2.15. The van der Waals surface area contributed by atoms with Gasteiger partial charge in [0.1, 0.15) is 5.82 Å². The molecule has 0 aliphatic carbocycles. The van der Waals surface area contributed by atoms with Gasteiger partial charge in [-0.25, -0.2) is 9.38 Å². The Labute approximate surface area is 175 Å². The van der Waals surface area contributed by atoms with Gasteiger partial charge in [-0.2, -0.15) is 0 Å². The van der Waals surface area contributed by atoms with Crippen molar-refractivity contribution in [2.45, 2.75) is 26.6 Å². The number of hydrogen-bond acceptors (Lipinski definition) is 2. The lowest BCUT2D eigenvalue weighted by atomic mass is 10.1. The fraction of sp³-hybridized carbons (Fsp3) is 0.389. The van der Waals surface area contributed by atoms with E-state index < -0.39 is 5.82 Å². The molecule has 0 spiro atoms. The highest BCUT2D eigenvalue weighted by molar-refractivity contribution is 14.0. The van der Waals surface area contributed by atoms with E-state index in [-0.39, 0.29) is 36.1 Å². The van der Waals surface area contributed by atoms with Gasteiger partial charge in [0, 0.05) is 38.1 Å². The van der Waals surface area contributed by atoms with Gasteiger partial charge in [0.15, 0.2) is 5.96 Å². The molecule has 2 aromatic rings. The lowest BCUT2D eigenvalue weighted by Crippen LogP contribution is -2.38. The molecule has 1 aromatic carbocycles. The van der Waals surface area contributed by atoms with E-state index in [4.69, 9.17) is 11.6 Å². The fourth-order valence-electron chi connectivity index (χ4n) is 2.52. The molecule has 0 bridgehead atoms. The first-order valence-electron chi connectivity index (χ1n) is 8.13. The molecule has 2 N–H and O–H groups in total. The molecule has 0 saturated carbocycles. The Morgan fingerprint density at radius 1 is 1.38 bits per heavy atom. The maximum absolute atomic E-state index is 13.5. The summed E-state index contributed by atoms with van der Waals surface area (Å²) in [5.41, 5.74) is 2.20. The number of nitrogens with zero attached hydrogens (tertiary/aromatic N) is 3. The Hall–Kier alpha value is -1.32. The normalized spacial score (nSPS) is 11.2. The largest absolute Gasteiger partial charge is 0.392 e. The van der Waals surface area contributed by atoms with Crippen molar-refractivity contribution >= 4 is 41.5 Å². The molecule has 5 nitrogen and oxygen atoms in total. The van der Waals surface area contributed by atoms with Crippen molar-refractivity contribution in [1.82, 2.24) is 14.8 Å². The Morgan fingerprint density at radius 3 is 2.69 bits per heavy atom. The number of halogens is 3. The average molecular weight is 495 g/mol. The third-order valence-corrected chi connectivity index (χ3v) is 4.07. The lowest BCUT2D eigenvalue weighted by molar-refractivity contribution is 0.275. The summed E-state index contributed by atoms with van der Waals surface area (Å²) < 4.78 is 15.5. The molecule has 0 amide bonds. The molecule has 0 unspecified atom stereocenters. The topological polar surface area (TPSA) is 52.8 Å². The molecule has 1 heterocycles. The van der Waals surface area contributed by atoms with Gasteiger partial charge < -0.3 is 19.9 Å². The van der Waals surface area contributed by atoms with Crippen molar-refractivity contribution in [3.63, 3.8) is 0 Å². The van der Waals surface area contributed by atoms with Crippen LogP contribution in [0.4, 0.5) is 4.39 Å². The third kappa shape index (κ3) is 6.14. The monoisotopic (exact) mass is 494 g/mol. The number of aliphatic hydroxyl groups is 1. The smallest absolute Gasteiger partial charge is 0.194 e. The van der Waals surface area contributed by atoms with Crippen LogP contribution in [0.2, 0.25) is 5.02 Å². The lowest BCUT2D eigenvalue weighted by Gasteiger charge is -2.22. The highest BCUT2D eigenvalue weighted by Gasteiger charge is 2.10. The summed E-state index contributed by atoms with van der Waals surface area (Å²) in [5.74, 6) is 0.342. The first-order valence-corrected chi connectivity index (χ1v) is 8.50. The number of rotatable bonds is 6. The third-order valence-electron chi connectivity index (χ3n) is 3.86. The summed E-state index contributed by atoms with van der Waals surface area (Å²) in [5, 5.41) is 13.1. The number of guanidine groups is 1. The Kier molecular flexibility index (Phi) is 9.38. The van der Waals surface area contributed by atoms with Crippen LogP contribution in [0.15, 0.2) is 35.5 Å². The minimum absolute atomic E-state index is 0. The van der Waals surface area contributed by atoms with E-state index in [1.807, 2.05) is 42.7 Å². The molecule has 26 heavy (non-hydrogen) atoms. The maximum Gasteiger partial charge on any atom is 0.194 e. The van der Waals surface area contributed by atoms with Crippen LogP contribution < -0.4 is 5.32 Å². The van der Waals surface area contributed by atoms with E-state index >= 15 is 0 Å². The summed E-state index contributed by atoms with van der Waals surface area (Å²) in [6.45, 7) is 3.47. The summed E-state index contributed by atoms with van der Waals surface area (Å²) >= 11 is 6.04. The van der Waals surface area contributed by atoms with Gasteiger partial charge in [-0.05, 0) is 30.7 Å². The van der Waals surface area contributed by atoms with E-state index in [2.05, 4.69) is 10.3 Å². The molecular weight excluding hydrogens is 470 g/mol. The highest BCUT2D eigenvalue weighted by atomic mass is 127. The number of aryl methyl sites for hydroxylation is 1. The number of hydrogen-bond donors (Lipinski definition) is 2. The molecular formula is C18H25ClFIN4O. The van der Waals surface area contributed by atoms with E-state index in [1.165, 1.54) is 6.07 Å². The second kappa shape index (κ2) is 10.7. The van der Waals surface area contributed by atoms with Crippen LogP contribution in [0, 0.1) is 5.82 Å². The Balaban J connectivity index is 0.00000338. The maximum atomic E-state index is 13.5. The predicted octanol–water partition coefficient (Wildman–Crippen LogP) is 3.53. The molecule has 2 rings (SSSR count). The van der Waals surface area contributed by atoms with Gasteiger partial charge in [-0.3, -0.25) is 0 Å². The quantitative estimate of drug-likeness (QED) is 0.367. The van der Waals surface area contributed by atoms with Crippen molar-refractivity contribution in [2.24, 2.45) is 12.0 Å². The first kappa shape index (κ1) is 22.7. The van der Waals surface area contributed by atoms with Gasteiger partial charge in [0.05, 0.1) is 24.7 Å². The number of nitrogens with one attached hydrogen (secondary N) is 1. The molecule has 0 fully saturated rings. The zero-order chi connectivity index (χ0) is 18.4. The van der Waals surface area contributed by atoms with Crippen LogP contribution in [-0.2, 0) is 26.7 Å². The van der Waals surface area contributed by atoms with Crippen molar-refractivity contribution < 1.29 is 9.50 Å². The minimum atomic E-state index is -0.403. The first-order chi connectivity index (χ1) is 11.9. The zero-order valence-electron chi connectivity index (χ0n) is 15.2. The number of benzene rings is 1. The van der Waals surface area contributed by atoms with Gasteiger partial charge >= 0.3 is 0 Å². The van der Waals surface area contributed by atoms with Gasteiger partial charge in [0.2, 0.25) is 0 Å². The number of aromatic nitrogens is 1. The van der Waals surface area contributed by atoms with Crippen molar-refractivity contribution in [3.05, 3.63) is 58.1 Å². The van der Waals surface area contributed by atoms with Gasteiger partial charge in [-0.1, -0.05) is 17.7 Å². The Morgan fingerprint density at radius 2 is 2.12 bits per heavy atom. The van der Waals surface area contributed by atoms with E-state index in [0.717, 1.165) is 23.8 Å². The van der Waals surface area contributed by atoms with Crippen LogP contribution in [0.1, 0.15) is 23.7 Å². The standard InChI is InChI=1S/C18H24ClFN4O.HI/c1-4-21-18(24(3)11-16-8-15(19)10-23(16)2)22-9-13-5-6-17(20)14(7-13)12-25;/h5-8,10,25H,4,9,11-12H2,1-3H3,(H,21,22);1H. The molecule has 0 radical (unpaired) electrons. The molecule has 8 heteroatoms. The molecule has 0 aliphatic heterocycles. The zero-order valence-corrected chi connectivity index (χ0v) is 18.3. The predicted molar refractivity (Wildman–Crippen MR) is 114 cm³/mol. The van der Waals surface area contributed by atoms with Crippen molar-refractivity contribution in [3.8, 4) is 0 Å². The van der Waals surface area contributed by atoms with E-state index in [0.29, 0.717) is 18.1 Å². The molecule has 0 saturated heterocycles. The molecule has 1 aromatic heterocycles. The molecule has 0 atom stereocenters. The number of aliphatic imine (C=N–C) groups is 1. The van der Waals surface area contributed by atoms with E-state index in [1.54, 1.807) is 12.1 Å². The summed E-state index contributed by atoms with van der Waals surface area (Å²) in [6, 6.07) is 6.60. The summed E-state index contributed by atoms with van der Waals surface area (Å²) in [6.07, 6.45) is 1.86. The van der Waals surface area contributed by atoms with Crippen LogP contribution in [0.25, 0.3) is 0 Å². The van der Waals surface area contributed by atoms with Crippen LogP contribution in [-0.4, -0.2) is 34.1 Å². The van der Waals surface area contributed by atoms with Crippen LogP contribution >= 0.6 is 35.6 Å². The minimum Gasteiger partial charge on any atom is -0.392 e. The SMILES string of the molecule is CCNC(=NCc1ccc(F)c(CO)c1)N(C)Cc1cc(Cl)cn1C.I. The van der Waals surface area contributed by atoms with Crippen molar-refractivity contribution in [2.75, 3.05) is 13.6 Å². The summed E-state index contributed by atoms with van der Waals surface area (Å²) in [4.78, 5) is 6.61. The fourth-order valence-corrected chi connectivity index (χ4v) is 2.80. The molecule has 0 aliphatic rings. The van der Waals surface area contributed by atoms with Crippen molar-refractivity contribution in [1.29, 1.82) is 0 Å². The summed E-state index contributed by atoms with van der Waals surface area (Å²) in [7, 11) is 3.90. The second-order valence-corrected chi connectivity index (χ2v) is 6.31. The Bertz CT molecular complexity index is 751. The van der Waals surface area contributed by atoms with Crippen LogP contribution in [0.3, 0.4) is 0 Å².